The van der Waals surface area contributed by atoms with E-state index in [1.807, 2.05) is 6.92 Å². The molecule has 1 rings (SSSR count). The second-order valence-electron chi connectivity index (χ2n) is 4.01. The topological polar surface area (TPSA) is 0 Å². The van der Waals surface area contributed by atoms with Gasteiger partial charge in [-0.3, -0.25) is 0 Å². The highest BCUT2D eigenvalue weighted by Crippen LogP contribution is 2.29. The molecule has 0 bridgehead atoms. The van der Waals surface area contributed by atoms with E-state index in [2.05, 4.69) is 13.8 Å². The molecular weight excluding hydrogens is 225 g/mol. The van der Waals surface area contributed by atoms with Crippen LogP contribution in [0, 0.1) is 0 Å². The van der Waals surface area contributed by atoms with Crippen LogP contribution in [0.3, 0.4) is 0 Å². The average Bonchev–Trinajstić information content (AvgIpc) is 2.27. The fourth-order valence-corrected chi connectivity index (χ4v) is 1.28. The van der Waals surface area contributed by atoms with Crippen LogP contribution in [0.15, 0.2) is 24.3 Å². The molecule has 1 aromatic rings. The van der Waals surface area contributed by atoms with E-state index in [1.54, 1.807) is 6.07 Å². The predicted octanol–water partition coefficient (Wildman–Crippen LogP) is 5.46. The smallest absolute Gasteiger partial charge is 0.166 e. The van der Waals surface area contributed by atoms with Crippen molar-refractivity contribution in [3.8, 4) is 0 Å². The summed E-state index contributed by atoms with van der Waals surface area (Å²) in [5.41, 5.74) is 0.216. The van der Waals surface area contributed by atoms with Crippen molar-refractivity contribution in [2.45, 2.75) is 52.6 Å². The Labute approximate surface area is 102 Å². The van der Waals surface area contributed by atoms with E-state index in [0.29, 0.717) is 0 Å². The molecule has 0 saturated heterocycles. The molecule has 0 nitrogen and oxygen atoms in total. The molecule has 0 atom stereocenters. The standard InChI is InChI=1S/C11H13F3.C3H8/c1-2-3-5-9-6-4-7-10(8-9)11(12,13)14;1-3-2/h4,6-8H,2-3,5H2,1H3;3H2,1-2H3. The van der Waals surface area contributed by atoms with Crippen LogP contribution in [-0.2, 0) is 12.6 Å². The van der Waals surface area contributed by atoms with Crippen LogP contribution in [0.4, 0.5) is 13.2 Å². The van der Waals surface area contributed by atoms with Crippen LogP contribution in [0.25, 0.3) is 0 Å². The molecule has 3 heteroatoms. The fraction of sp³-hybridized carbons (Fsp3) is 0.571. The summed E-state index contributed by atoms with van der Waals surface area (Å²) in [4.78, 5) is 0. The number of benzene rings is 1. The molecular formula is C14H21F3. The third-order valence-corrected chi connectivity index (χ3v) is 2.07. The van der Waals surface area contributed by atoms with E-state index >= 15 is 0 Å². The first kappa shape index (κ1) is 16.0. The number of unbranched alkanes of at least 4 members (excludes halogenated alkanes) is 1. The molecule has 0 heterocycles. The minimum absolute atomic E-state index is 0.550. The van der Waals surface area contributed by atoms with Crippen molar-refractivity contribution in [2.75, 3.05) is 0 Å². The summed E-state index contributed by atoms with van der Waals surface area (Å²) in [6.07, 6.45) is -0.319. The maximum Gasteiger partial charge on any atom is 0.416 e. The van der Waals surface area contributed by atoms with Gasteiger partial charge in [0.25, 0.3) is 0 Å². The summed E-state index contributed by atoms with van der Waals surface area (Å²) in [7, 11) is 0. The summed E-state index contributed by atoms with van der Waals surface area (Å²) in [5.74, 6) is 0. The van der Waals surface area contributed by atoms with Crippen LogP contribution in [-0.4, -0.2) is 0 Å². The van der Waals surface area contributed by atoms with Gasteiger partial charge in [0.1, 0.15) is 0 Å². The highest BCUT2D eigenvalue weighted by molar-refractivity contribution is 5.25. The predicted molar refractivity (Wildman–Crippen MR) is 66.0 cm³/mol. The monoisotopic (exact) mass is 246 g/mol. The minimum atomic E-state index is -4.22. The lowest BCUT2D eigenvalue weighted by Gasteiger charge is -2.08. The van der Waals surface area contributed by atoms with Crippen LogP contribution < -0.4 is 0 Å². The molecule has 0 aliphatic rings. The summed E-state index contributed by atoms with van der Waals surface area (Å²) >= 11 is 0. The summed E-state index contributed by atoms with van der Waals surface area (Å²) in [6.45, 7) is 6.27. The zero-order valence-corrected chi connectivity index (χ0v) is 10.8. The van der Waals surface area contributed by atoms with Gasteiger partial charge in [0.05, 0.1) is 5.56 Å². The van der Waals surface area contributed by atoms with Crippen LogP contribution in [0.5, 0.6) is 0 Å². The van der Waals surface area contributed by atoms with Crippen molar-refractivity contribution < 1.29 is 13.2 Å². The van der Waals surface area contributed by atoms with E-state index < -0.39 is 11.7 Å². The summed E-state index contributed by atoms with van der Waals surface area (Å²) in [6, 6.07) is 5.55. The maximum absolute atomic E-state index is 12.3. The first-order chi connectivity index (χ1) is 7.95. The van der Waals surface area contributed by atoms with Gasteiger partial charge in [0, 0.05) is 0 Å². The molecule has 98 valence electrons. The van der Waals surface area contributed by atoms with E-state index in [0.717, 1.165) is 30.9 Å². The molecule has 1 aromatic carbocycles. The molecule has 17 heavy (non-hydrogen) atoms. The molecule has 0 aliphatic heterocycles. The van der Waals surface area contributed by atoms with E-state index in [4.69, 9.17) is 0 Å². The Kier molecular flexibility index (Phi) is 7.68. The number of aryl methyl sites for hydroxylation is 1. The van der Waals surface area contributed by atoms with Crippen molar-refractivity contribution in [3.63, 3.8) is 0 Å². The Balaban J connectivity index is 0.000000770. The Bertz CT molecular complexity index is 303. The van der Waals surface area contributed by atoms with Gasteiger partial charge in [0.2, 0.25) is 0 Å². The molecule has 0 radical (unpaired) electrons. The largest absolute Gasteiger partial charge is 0.416 e. The number of rotatable bonds is 3. The van der Waals surface area contributed by atoms with Gasteiger partial charge >= 0.3 is 6.18 Å². The SMILES string of the molecule is CCC.CCCCc1cccc(C(F)(F)F)c1. The Morgan fingerprint density at radius 1 is 1.06 bits per heavy atom. The number of hydrogen-bond donors (Lipinski definition) is 0. The number of alkyl halides is 3. The van der Waals surface area contributed by atoms with Crippen LogP contribution in [0.2, 0.25) is 0 Å². The van der Waals surface area contributed by atoms with Gasteiger partial charge in [-0.2, -0.15) is 13.2 Å². The molecule has 0 spiro atoms. The van der Waals surface area contributed by atoms with Crippen molar-refractivity contribution in [1.29, 1.82) is 0 Å². The Morgan fingerprint density at radius 2 is 1.65 bits per heavy atom. The Morgan fingerprint density at radius 3 is 2.12 bits per heavy atom. The van der Waals surface area contributed by atoms with Crippen molar-refractivity contribution in [1.82, 2.24) is 0 Å². The normalized spacial score (nSPS) is 10.7. The molecule has 0 fully saturated rings. The second kappa shape index (κ2) is 8.15. The van der Waals surface area contributed by atoms with Gasteiger partial charge in [-0.05, 0) is 24.5 Å². The van der Waals surface area contributed by atoms with E-state index in [-0.39, 0.29) is 0 Å². The first-order valence-corrected chi connectivity index (χ1v) is 6.11. The zero-order chi connectivity index (χ0) is 13.3. The van der Waals surface area contributed by atoms with Crippen molar-refractivity contribution >= 4 is 0 Å². The lowest BCUT2D eigenvalue weighted by molar-refractivity contribution is -0.137. The molecule has 0 aliphatic carbocycles. The van der Waals surface area contributed by atoms with Gasteiger partial charge in [-0.1, -0.05) is 51.8 Å². The van der Waals surface area contributed by atoms with E-state index in [9.17, 15) is 13.2 Å². The van der Waals surface area contributed by atoms with Gasteiger partial charge in [0.15, 0.2) is 0 Å². The second-order valence-corrected chi connectivity index (χ2v) is 4.01. The fourth-order valence-electron chi connectivity index (χ4n) is 1.28. The first-order valence-electron chi connectivity index (χ1n) is 6.11. The van der Waals surface area contributed by atoms with Gasteiger partial charge in [-0.25, -0.2) is 0 Å². The zero-order valence-electron chi connectivity index (χ0n) is 10.8. The highest BCUT2D eigenvalue weighted by atomic mass is 19.4. The molecule has 0 saturated carbocycles. The molecule has 0 N–H and O–H groups in total. The van der Waals surface area contributed by atoms with Crippen molar-refractivity contribution in [2.24, 2.45) is 0 Å². The van der Waals surface area contributed by atoms with Crippen LogP contribution in [0.1, 0.15) is 51.2 Å². The van der Waals surface area contributed by atoms with Crippen LogP contribution >= 0.6 is 0 Å². The lowest BCUT2D eigenvalue weighted by Crippen LogP contribution is -2.05. The number of halogens is 3. The quantitative estimate of drug-likeness (QED) is 0.664. The Hall–Kier alpha value is -0.990. The summed E-state index contributed by atoms with van der Waals surface area (Å²) < 4.78 is 36.9. The number of hydrogen-bond acceptors (Lipinski definition) is 0. The lowest BCUT2D eigenvalue weighted by atomic mass is 10.1. The molecule has 0 amide bonds. The third-order valence-electron chi connectivity index (χ3n) is 2.07. The third kappa shape index (κ3) is 7.03. The molecule has 0 aromatic heterocycles. The van der Waals surface area contributed by atoms with E-state index in [1.165, 1.54) is 18.6 Å². The van der Waals surface area contributed by atoms with Crippen molar-refractivity contribution in [3.05, 3.63) is 35.4 Å². The van der Waals surface area contributed by atoms with Gasteiger partial charge < -0.3 is 0 Å². The average molecular weight is 246 g/mol. The van der Waals surface area contributed by atoms with Gasteiger partial charge in [-0.15, -0.1) is 0 Å². The molecule has 0 unspecified atom stereocenters. The minimum Gasteiger partial charge on any atom is -0.166 e. The maximum atomic E-state index is 12.3. The summed E-state index contributed by atoms with van der Waals surface area (Å²) in [5, 5.41) is 0. The highest BCUT2D eigenvalue weighted by Gasteiger charge is 2.30.